The maximum atomic E-state index is 13.4. The molecule has 0 bridgehead atoms. The summed E-state index contributed by atoms with van der Waals surface area (Å²) in [6.45, 7) is 4.75. The van der Waals surface area contributed by atoms with Gasteiger partial charge in [-0.2, -0.15) is 0 Å². The Hall–Kier alpha value is -3.06. The van der Waals surface area contributed by atoms with Crippen molar-refractivity contribution in [3.63, 3.8) is 0 Å². The van der Waals surface area contributed by atoms with Gasteiger partial charge in [0, 0.05) is 12.0 Å². The first kappa shape index (κ1) is 20.2. The number of benzene rings is 1. The third-order valence-electron chi connectivity index (χ3n) is 5.57. The van der Waals surface area contributed by atoms with E-state index in [2.05, 4.69) is 0 Å². The van der Waals surface area contributed by atoms with Crippen LogP contribution in [0.25, 0.3) is 5.76 Å². The van der Waals surface area contributed by atoms with Gasteiger partial charge in [0.05, 0.1) is 27.2 Å². The summed E-state index contributed by atoms with van der Waals surface area (Å²) in [6, 6.07) is 7.87. The van der Waals surface area contributed by atoms with Crippen LogP contribution in [0.4, 0.5) is 0 Å². The Bertz CT molecular complexity index is 1040. The van der Waals surface area contributed by atoms with Crippen molar-refractivity contribution in [1.29, 1.82) is 0 Å². The summed E-state index contributed by atoms with van der Waals surface area (Å²) in [4.78, 5) is 28.3. The van der Waals surface area contributed by atoms with Crippen molar-refractivity contribution in [2.45, 2.75) is 32.4 Å². The van der Waals surface area contributed by atoms with E-state index in [9.17, 15) is 14.7 Å². The highest BCUT2D eigenvalue weighted by atomic mass is 16.5. The monoisotopic (exact) mass is 410 g/mol. The standard InChI is InChI=1S/C23H26N2O5/c1-13-5-7-18(29-13)20-19(22(27)23(28)25(20)10-9-24(3)4)21(26)15-6-8-17-16(12-15)11-14(2)30-17/h5-8,12,14,20,26H,9-11H2,1-4H3/b21-19+. The van der Waals surface area contributed by atoms with Gasteiger partial charge in [0.1, 0.15) is 29.4 Å². The highest BCUT2D eigenvalue weighted by Gasteiger charge is 2.45. The van der Waals surface area contributed by atoms with Crippen molar-refractivity contribution in [2.75, 3.05) is 27.2 Å². The largest absolute Gasteiger partial charge is 0.872 e. The number of rotatable bonds is 5. The third kappa shape index (κ3) is 3.50. The molecule has 2 aromatic rings. The smallest absolute Gasteiger partial charge is 0.295 e. The maximum absolute atomic E-state index is 13.4. The molecule has 1 amide bonds. The lowest BCUT2D eigenvalue weighted by Crippen LogP contribution is -3.06. The number of ketones is 1. The summed E-state index contributed by atoms with van der Waals surface area (Å²) in [5.74, 6) is 0.00295. The first-order chi connectivity index (χ1) is 14.3. The number of ether oxygens (including phenoxy) is 1. The third-order valence-corrected chi connectivity index (χ3v) is 5.57. The number of aryl methyl sites for hydroxylation is 1. The highest BCUT2D eigenvalue weighted by Crippen LogP contribution is 2.40. The van der Waals surface area contributed by atoms with Crippen LogP contribution in [0, 0.1) is 6.92 Å². The molecule has 7 heteroatoms. The number of amides is 1. The lowest BCUT2D eigenvalue weighted by atomic mass is 9.97. The second kappa shape index (κ2) is 7.65. The Labute approximate surface area is 175 Å². The molecule has 1 aromatic carbocycles. The van der Waals surface area contributed by atoms with Crippen molar-refractivity contribution < 1.29 is 28.7 Å². The Morgan fingerprint density at radius 2 is 2.00 bits per heavy atom. The molecule has 30 heavy (non-hydrogen) atoms. The van der Waals surface area contributed by atoms with E-state index in [0.717, 1.165) is 16.2 Å². The second-order valence-electron chi connectivity index (χ2n) is 8.33. The average Bonchev–Trinajstić information content (AvgIpc) is 3.35. The number of carbonyl (C=O) groups excluding carboxylic acids is 2. The van der Waals surface area contributed by atoms with Crippen LogP contribution in [-0.4, -0.2) is 49.9 Å². The molecule has 0 aliphatic carbocycles. The minimum Gasteiger partial charge on any atom is -0.872 e. The normalized spacial score (nSPS) is 22.6. The number of carbonyl (C=O) groups is 2. The van der Waals surface area contributed by atoms with Crippen molar-refractivity contribution in [3.05, 3.63) is 58.6 Å². The molecule has 0 radical (unpaired) electrons. The van der Waals surface area contributed by atoms with E-state index in [1.165, 1.54) is 4.90 Å². The molecule has 4 rings (SSSR count). The van der Waals surface area contributed by atoms with Crippen LogP contribution < -0.4 is 14.7 Å². The fourth-order valence-corrected chi connectivity index (χ4v) is 4.06. The van der Waals surface area contributed by atoms with Gasteiger partial charge in [0.2, 0.25) is 5.78 Å². The molecule has 0 spiro atoms. The van der Waals surface area contributed by atoms with Gasteiger partial charge >= 0.3 is 0 Å². The fraction of sp³-hybridized carbons (Fsp3) is 0.391. The van der Waals surface area contributed by atoms with Gasteiger partial charge in [0.25, 0.3) is 5.91 Å². The van der Waals surface area contributed by atoms with Gasteiger partial charge < -0.3 is 24.1 Å². The number of likely N-dealkylation sites (N-methyl/N-ethyl adjacent to an activating group) is 1. The zero-order chi connectivity index (χ0) is 21.6. The number of Topliss-reactive ketones (excluding diaryl/α,β-unsaturated/α-hetero) is 1. The number of hydrogen-bond acceptors (Lipinski definition) is 5. The van der Waals surface area contributed by atoms with Crippen molar-refractivity contribution in [1.82, 2.24) is 4.90 Å². The second-order valence-corrected chi connectivity index (χ2v) is 8.33. The van der Waals surface area contributed by atoms with Crippen LogP contribution in [0.15, 0.2) is 40.3 Å². The van der Waals surface area contributed by atoms with Crippen LogP contribution in [0.5, 0.6) is 5.75 Å². The summed E-state index contributed by atoms with van der Waals surface area (Å²) in [6.07, 6.45) is 0.757. The Morgan fingerprint density at radius 1 is 1.23 bits per heavy atom. The predicted octanol–water partition coefficient (Wildman–Crippen LogP) is 0.280. The molecular formula is C23H26N2O5. The van der Waals surface area contributed by atoms with Gasteiger partial charge in [-0.15, -0.1) is 0 Å². The van der Waals surface area contributed by atoms with E-state index in [-0.39, 0.29) is 11.7 Å². The van der Waals surface area contributed by atoms with Crippen LogP contribution >= 0.6 is 0 Å². The summed E-state index contributed by atoms with van der Waals surface area (Å²) < 4.78 is 11.5. The van der Waals surface area contributed by atoms with Gasteiger partial charge in [-0.3, -0.25) is 9.59 Å². The molecule has 1 fully saturated rings. The molecule has 2 aliphatic rings. The number of fused-ring (bicyclic) bond motifs is 1. The number of furan rings is 1. The van der Waals surface area contributed by atoms with Crippen molar-refractivity contribution in [2.24, 2.45) is 0 Å². The Morgan fingerprint density at radius 3 is 2.67 bits per heavy atom. The first-order valence-electron chi connectivity index (χ1n) is 10.2. The van der Waals surface area contributed by atoms with Crippen LogP contribution in [-0.2, 0) is 16.0 Å². The first-order valence-corrected chi connectivity index (χ1v) is 10.2. The van der Waals surface area contributed by atoms with Crippen LogP contribution in [0.2, 0.25) is 0 Å². The summed E-state index contributed by atoms with van der Waals surface area (Å²) in [5, 5.41) is 13.4. The number of nitrogens with zero attached hydrogens (tertiary/aromatic N) is 1. The van der Waals surface area contributed by atoms with Crippen molar-refractivity contribution >= 4 is 17.4 Å². The predicted molar refractivity (Wildman–Crippen MR) is 108 cm³/mol. The number of likely N-dealkylation sites (tertiary alicyclic amines) is 1. The maximum Gasteiger partial charge on any atom is 0.295 e. The van der Waals surface area contributed by atoms with Crippen LogP contribution in [0.1, 0.15) is 35.6 Å². The lowest BCUT2D eigenvalue weighted by Gasteiger charge is -2.26. The molecule has 7 nitrogen and oxygen atoms in total. The van der Waals surface area contributed by atoms with Gasteiger partial charge in [-0.1, -0.05) is 11.8 Å². The Kier molecular flexibility index (Phi) is 5.15. The molecule has 1 N–H and O–H groups in total. The minimum atomic E-state index is -0.811. The fourth-order valence-electron chi connectivity index (χ4n) is 4.06. The SMILES string of the molecule is Cc1ccc(C2/C(=C(\[O-])c3ccc4c(c3)CC(C)O4)C(=O)C(=O)N2CC[NH+](C)C)o1. The zero-order valence-electron chi connectivity index (χ0n) is 17.7. The zero-order valence-corrected chi connectivity index (χ0v) is 17.7. The summed E-state index contributed by atoms with van der Waals surface area (Å²) in [5.41, 5.74) is 1.27. The van der Waals surface area contributed by atoms with Crippen molar-refractivity contribution in [3.8, 4) is 5.75 Å². The molecule has 2 atom stereocenters. The quantitative estimate of drug-likeness (QED) is 0.435. The molecule has 2 aliphatic heterocycles. The summed E-state index contributed by atoms with van der Waals surface area (Å²) in [7, 11) is 3.94. The molecule has 1 saturated heterocycles. The molecule has 0 saturated carbocycles. The lowest BCUT2D eigenvalue weighted by molar-refractivity contribution is -0.857. The minimum absolute atomic E-state index is 0.0463. The number of nitrogens with one attached hydrogen (secondary N) is 1. The van der Waals surface area contributed by atoms with E-state index < -0.39 is 23.5 Å². The molecule has 158 valence electrons. The highest BCUT2D eigenvalue weighted by molar-refractivity contribution is 6.46. The van der Waals surface area contributed by atoms with Crippen LogP contribution in [0.3, 0.4) is 0 Å². The number of hydrogen-bond donors (Lipinski definition) is 1. The van der Waals surface area contributed by atoms with Gasteiger partial charge in [0.15, 0.2) is 0 Å². The van der Waals surface area contributed by atoms with E-state index in [4.69, 9.17) is 9.15 Å². The molecule has 2 unspecified atom stereocenters. The van der Waals surface area contributed by atoms with E-state index in [1.54, 1.807) is 37.3 Å². The Balaban J connectivity index is 1.80. The average molecular weight is 410 g/mol. The van der Waals surface area contributed by atoms with E-state index in [0.29, 0.717) is 36.6 Å². The van der Waals surface area contributed by atoms with Gasteiger partial charge in [-0.25, -0.2) is 0 Å². The number of quaternary nitrogens is 1. The van der Waals surface area contributed by atoms with E-state index >= 15 is 0 Å². The molecule has 1 aromatic heterocycles. The molecular weight excluding hydrogens is 384 g/mol. The molecule has 3 heterocycles. The van der Waals surface area contributed by atoms with E-state index in [1.807, 2.05) is 21.0 Å². The summed E-state index contributed by atoms with van der Waals surface area (Å²) >= 11 is 0. The van der Waals surface area contributed by atoms with Gasteiger partial charge in [-0.05, 0) is 49.2 Å². The topological polar surface area (TPSA) is 87.2 Å².